The van der Waals surface area contributed by atoms with Crippen molar-refractivity contribution in [2.24, 2.45) is 0 Å². The Labute approximate surface area is 229 Å². The molecule has 4 rings (SSSR count). The third-order valence-electron chi connectivity index (χ3n) is 6.47. The molecule has 0 saturated carbocycles. The van der Waals surface area contributed by atoms with Gasteiger partial charge < -0.3 is 10.2 Å². The van der Waals surface area contributed by atoms with Gasteiger partial charge in [0.1, 0.15) is 5.82 Å². The van der Waals surface area contributed by atoms with Gasteiger partial charge in [0, 0.05) is 6.54 Å². The van der Waals surface area contributed by atoms with Crippen LogP contribution in [0.15, 0.2) is 77.6 Å². The Balaban J connectivity index is 1.83. The summed E-state index contributed by atoms with van der Waals surface area (Å²) in [5.41, 5.74) is -0.842. The molecule has 0 aliphatic heterocycles. The van der Waals surface area contributed by atoms with E-state index in [1.165, 1.54) is 27.7 Å². The molecule has 1 heterocycles. The average molecular weight is 557 g/mol. The van der Waals surface area contributed by atoms with Crippen LogP contribution in [0.2, 0.25) is 5.02 Å². The number of alkyl halides is 3. The Morgan fingerprint density at radius 3 is 2.41 bits per heavy atom. The molecule has 6 nitrogen and oxygen atoms in total. The van der Waals surface area contributed by atoms with Gasteiger partial charge in [0.05, 0.1) is 38.9 Å². The summed E-state index contributed by atoms with van der Waals surface area (Å²) in [5.74, 6) is 0.238. The molecule has 4 aromatic rings. The zero-order valence-electron chi connectivity index (χ0n) is 21.5. The second-order valence-electron chi connectivity index (χ2n) is 9.13. The average Bonchev–Trinajstić information content (AvgIpc) is 2.91. The number of anilines is 1. The molecule has 0 radical (unpaired) electrons. The van der Waals surface area contributed by atoms with Crippen LogP contribution in [-0.4, -0.2) is 27.0 Å². The Bertz CT molecular complexity index is 1540. The number of urea groups is 1. The molecule has 0 aliphatic carbocycles. The molecule has 0 saturated heterocycles. The van der Waals surface area contributed by atoms with Gasteiger partial charge in [0.15, 0.2) is 0 Å². The zero-order chi connectivity index (χ0) is 28.2. The number of nitrogens with one attached hydrogen (secondary N) is 1. The maximum absolute atomic E-state index is 13.7. The number of fused-ring (bicyclic) bond motifs is 1. The molecule has 0 spiro atoms. The Hall–Kier alpha value is -3.85. The van der Waals surface area contributed by atoms with Gasteiger partial charge in [-0.05, 0) is 49.7 Å². The molecule has 0 bridgehead atoms. The van der Waals surface area contributed by atoms with Crippen LogP contribution in [0, 0.1) is 0 Å². The van der Waals surface area contributed by atoms with Crippen LogP contribution in [0.5, 0.6) is 0 Å². The van der Waals surface area contributed by atoms with E-state index in [1.54, 1.807) is 55.5 Å². The molecular formula is C29H28ClF3N4O2. The summed E-state index contributed by atoms with van der Waals surface area (Å²) in [7, 11) is 0. The van der Waals surface area contributed by atoms with Crippen molar-refractivity contribution in [1.82, 2.24) is 14.5 Å². The number of hydrogen-bond donors (Lipinski definition) is 1. The van der Waals surface area contributed by atoms with Gasteiger partial charge in [-0.25, -0.2) is 9.78 Å². The van der Waals surface area contributed by atoms with E-state index >= 15 is 0 Å². The Kier molecular flexibility index (Phi) is 8.60. The number of halogens is 4. The first-order chi connectivity index (χ1) is 18.6. The standard InChI is InChI=1S/C29H28ClF3N4O2/c1-3-4-11-18-36(28(39)35-24-16-9-6-13-21(24)29(31,32)33)19(2)26-34-23-15-8-5-12-20(23)27(38)37(26)25-17-10-7-14-22(25)30/h5-10,12-17,19H,3-4,11,18H2,1-2H3,(H,35,39). The highest BCUT2D eigenvalue weighted by molar-refractivity contribution is 6.32. The minimum absolute atomic E-state index is 0.236. The Morgan fingerprint density at radius 2 is 1.69 bits per heavy atom. The van der Waals surface area contributed by atoms with Crippen LogP contribution in [0.25, 0.3) is 16.6 Å². The van der Waals surface area contributed by atoms with E-state index in [1.807, 2.05) is 6.92 Å². The smallest absolute Gasteiger partial charge is 0.315 e. The molecule has 0 aliphatic rings. The molecule has 39 heavy (non-hydrogen) atoms. The maximum Gasteiger partial charge on any atom is 0.418 e. The first kappa shape index (κ1) is 28.2. The molecule has 1 N–H and O–H groups in total. The summed E-state index contributed by atoms with van der Waals surface area (Å²) < 4.78 is 42.2. The molecule has 2 amide bonds. The first-order valence-electron chi connectivity index (χ1n) is 12.6. The highest BCUT2D eigenvalue weighted by atomic mass is 35.5. The van der Waals surface area contributed by atoms with E-state index in [4.69, 9.17) is 16.6 Å². The molecule has 0 fully saturated rings. The van der Waals surface area contributed by atoms with Crippen molar-refractivity contribution in [1.29, 1.82) is 0 Å². The molecule has 204 valence electrons. The maximum atomic E-state index is 13.7. The third-order valence-corrected chi connectivity index (χ3v) is 6.79. The molecule has 1 atom stereocenters. The minimum Gasteiger partial charge on any atom is -0.315 e. The van der Waals surface area contributed by atoms with Gasteiger partial charge in [0.2, 0.25) is 0 Å². The number of hydrogen-bond acceptors (Lipinski definition) is 3. The fraction of sp³-hybridized carbons (Fsp3) is 0.276. The van der Waals surface area contributed by atoms with E-state index in [-0.39, 0.29) is 23.6 Å². The predicted molar refractivity (Wildman–Crippen MR) is 147 cm³/mol. The number of carbonyl (C=O) groups excluding carboxylic acids is 1. The van der Waals surface area contributed by atoms with Crippen LogP contribution in [0.1, 0.15) is 50.5 Å². The van der Waals surface area contributed by atoms with Crippen molar-refractivity contribution in [2.45, 2.75) is 45.3 Å². The fourth-order valence-corrected chi connectivity index (χ4v) is 4.69. The topological polar surface area (TPSA) is 67.2 Å². The van der Waals surface area contributed by atoms with E-state index < -0.39 is 23.8 Å². The first-order valence-corrected chi connectivity index (χ1v) is 13.0. The number of amides is 2. The number of nitrogens with zero attached hydrogens (tertiary/aromatic N) is 3. The summed E-state index contributed by atoms with van der Waals surface area (Å²) in [6, 6.07) is 16.9. The Morgan fingerprint density at radius 1 is 1.03 bits per heavy atom. The van der Waals surface area contributed by atoms with Crippen LogP contribution < -0.4 is 10.9 Å². The van der Waals surface area contributed by atoms with Crippen LogP contribution >= 0.6 is 11.6 Å². The van der Waals surface area contributed by atoms with Gasteiger partial charge in [-0.3, -0.25) is 9.36 Å². The zero-order valence-corrected chi connectivity index (χ0v) is 22.3. The molecule has 1 aromatic heterocycles. The number of aromatic nitrogens is 2. The van der Waals surface area contributed by atoms with Crippen LogP contribution in [0.4, 0.5) is 23.7 Å². The minimum atomic E-state index is -4.65. The lowest BCUT2D eigenvalue weighted by Gasteiger charge is -2.31. The number of carbonyl (C=O) groups is 1. The molecule has 1 unspecified atom stereocenters. The van der Waals surface area contributed by atoms with Gasteiger partial charge in [-0.1, -0.05) is 67.8 Å². The van der Waals surface area contributed by atoms with Gasteiger partial charge in [0.25, 0.3) is 5.56 Å². The normalized spacial score (nSPS) is 12.4. The second kappa shape index (κ2) is 11.9. The van der Waals surface area contributed by atoms with Crippen LogP contribution in [0.3, 0.4) is 0 Å². The molecule has 3 aromatic carbocycles. The van der Waals surface area contributed by atoms with Crippen molar-refractivity contribution in [2.75, 3.05) is 11.9 Å². The van der Waals surface area contributed by atoms with Gasteiger partial charge in [-0.15, -0.1) is 0 Å². The van der Waals surface area contributed by atoms with Gasteiger partial charge >= 0.3 is 12.2 Å². The monoisotopic (exact) mass is 556 g/mol. The summed E-state index contributed by atoms with van der Waals surface area (Å²) in [4.78, 5) is 33.5. The highest BCUT2D eigenvalue weighted by Gasteiger charge is 2.35. The SMILES string of the molecule is CCCCCN(C(=O)Nc1ccccc1C(F)(F)F)C(C)c1nc2ccccc2c(=O)n1-c1ccccc1Cl. The molecular weight excluding hydrogens is 529 g/mol. The lowest BCUT2D eigenvalue weighted by atomic mass is 10.1. The van der Waals surface area contributed by atoms with Crippen molar-refractivity contribution < 1.29 is 18.0 Å². The van der Waals surface area contributed by atoms with E-state index in [0.717, 1.165) is 18.9 Å². The van der Waals surface area contributed by atoms with Crippen molar-refractivity contribution in [3.8, 4) is 5.69 Å². The van der Waals surface area contributed by atoms with Crippen LogP contribution in [-0.2, 0) is 6.18 Å². The molecule has 10 heteroatoms. The van der Waals surface area contributed by atoms with E-state index in [9.17, 15) is 22.8 Å². The van der Waals surface area contributed by atoms with E-state index in [0.29, 0.717) is 28.0 Å². The van der Waals surface area contributed by atoms with Crippen molar-refractivity contribution >= 4 is 34.2 Å². The summed E-state index contributed by atoms with van der Waals surface area (Å²) in [6.07, 6.45) is -2.36. The third kappa shape index (κ3) is 6.09. The lowest BCUT2D eigenvalue weighted by molar-refractivity contribution is -0.136. The van der Waals surface area contributed by atoms with Crippen molar-refractivity contribution in [3.63, 3.8) is 0 Å². The van der Waals surface area contributed by atoms with E-state index in [2.05, 4.69) is 5.32 Å². The number of unbranched alkanes of at least 4 members (excludes halogenated alkanes) is 2. The fourth-order valence-electron chi connectivity index (χ4n) is 4.46. The van der Waals surface area contributed by atoms with Gasteiger partial charge in [-0.2, -0.15) is 13.2 Å². The predicted octanol–water partition coefficient (Wildman–Crippen LogP) is 7.84. The summed E-state index contributed by atoms with van der Waals surface area (Å²) in [6.45, 7) is 3.94. The quantitative estimate of drug-likeness (QED) is 0.225. The number of benzene rings is 3. The van der Waals surface area contributed by atoms with Crippen molar-refractivity contribution in [3.05, 3.63) is 99.6 Å². The number of para-hydroxylation sites is 3. The number of rotatable bonds is 8. The summed E-state index contributed by atoms with van der Waals surface area (Å²) in [5, 5.41) is 3.12. The second-order valence-corrected chi connectivity index (χ2v) is 9.54. The summed E-state index contributed by atoms with van der Waals surface area (Å²) >= 11 is 6.48. The highest BCUT2D eigenvalue weighted by Crippen LogP contribution is 2.35. The largest absolute Gasteiger partial charge is 0.418 e. The lowest BCUT2D eigenvalue weighted by Crippen LogP contribution is -2.40.